The van der Waals surface area contributed by atoms with E-state index in [4.69, 9.17) is 0 Å². The molecule has 0 bridgehead atoms. The standard InChI is InChI=1S/C13H18S2Te5/c16-10(1-8-5-14-8)3-12-18-7-19-13(20-12)4-11(17)2-9-6-15-9/h8-9,12-13H,1-7H2. The molecule has 3 aliphatic rings. The van der Waals surface area contributed by atoms with Crippen LogP contribution in [0.1, 0.15) is 25.7 Å². The Morgan fingerprint density at radius 1 is 0.850 bits per heavy atom. The quantitative estimate of drug-likeness (QED) is 0.268. The first kappa shape index (κ1) is 19.2. The number of hydrogen-bond acceptors (Lipinski definition) is 2. The summed E-state index contributed by atoms with van der Waals surface area (Å²) in [6.07, 6.45) is 6.09. The van der Waals surface area contributed by atoms with Crippen LogP contribution in [-0.2, 0) is 0 Å². The van der Waals surface area contributed by atoms with Crippen LogP contribution in [0, 0.1) is 0 Å². The predicted molar refractivity (Wildman–Crippen MR) is 102 cm³/mol. The van der Waals surface area contributed by atoms with E-state index in [0.717, 1.165) is 10.5 Å². The molecular weight excluding hydrogens is 858 g/mol. The molecular formula is C13H18S2Te5. The third kappa shape index (κ3) is 7.73. The van der Waals surface area contributed by atoms with Crippen molar-refractivity contribution >= 4 is 137 Å². The average Bonchev–Trinajstić information content (AvgIpc) is 3.26. The van der Waals surface area contributed by atoms with Gasteiger partial charge in [-0.25, -0.2) is 0 Å². The zero-order chi connectivity index (χ0) is 13.9. The van der Waals surface area contributed by atoms with E-state index in [9.17, 15) is 0 Å². The van der Waals surface area contributed by atoms with Gasteiger partial charge in [0.05, 0.1) is 0 Å². The van der Waals surface area contributed by atoms with Crippen LogP contribution in [-0.4, -0.2) is 136 Å². The van der Waals surface area contributed by atoms with E-state index >= 15 is 0 Å². The molecule has 0 aromatic rings. The molecule has 0 nitrogen and oxygen atoms in total. The molecule has 0 spiro atoms. The average molecular weight is 876 g/mol. The molecule has 0 N–H and O–H groups in total. The SMILES string of the molecule is [Te]=C(CC1CS1)CC1[Te]C[Te]C(CC(=[Te])CC2CS2)[Te]1. The van der Waals surface area contributed by atoms with E-state index in [1.165, 1.54) is 28.4 Å². The van der Waals surface area contributed by atoms with E-state index in [1.54, 1.807) is 15.4 Å². The monoisotopic (exact) mass is 888 g/mol. The Kier molecular flexibility index (Phi) is 9.50. The van der Waals surface area contributed by atoms with Crippen LogP contribution < -0.4 is 0 Å². The molecule has 112 valence electrons. The Balaban J connectivity index is 1.38. The van der Waals surface area contributed by atoms with Gasteiger partial charge >= 0.3 is 191 Å². The number of hydrogen-bond donors (Lipinski definition) is 0. The predicted octanol–water partition coefficient (Wildman–Crippen LogP) is 1.45. The molecule has 0 aromatic carbocycles. The van der Waals surface area contributed by atoms with Gasteiger partial charge in [-0.05, 0) is 0 Å². The van der Waals surface area contributed by atoms with Crippen LogP contribution in [0.15, 0.2) is 0 Å². The molecule has 4 atom stereocenters. The van der Waals surface area contributed by atoms with E-state index in [1.807, 2.05) is 7.10 Å². The molecule has 0 amide bonds. The molecule has 0 saturated carbocycles. The van der Waals surface area contributed by atoms with Gasteiger partial charge in [0, 0.05) is 0 Å². The Morgan fingerprint density at radius 2 is 1.30 bits per heavy atom. The summed E-state index contributed by atoms with van der Waals surface area (Å²) in [6.45, 7) is 0. The first-order valence-corrected chi connectivity index (χ1v) is 19.9. The minimum atomic E-state index is 0.374. The Labute approximate surface area is 187 Å². The van der Waals surface area contributed by atoms with Crippen molar-refractivity contribution in [2.24, 2.45) is 0 Å². The topological polar surface area (TPSA) is 0 Å². The van der Waals surface area contributed by atoms with Crippen LogP contribution >= 0.6 is 23.5 Å². The van der Waals surface area contributed by atoms with E-state index in [0.29, 0.717) is 62.8 Å². The van der Waals surface area contributed by atoms with Crippen molar-refractivity contribution in [1.29, 1.82) is 0 Å². The van der Waals surface area contributed by atoms with Gasteiger partial charge in [-0.3, -0.25) is 0 Å². The maximum absolute atomic E-state index is 2.40. The number of thioether (sulfide) groups is 2. The summed E-state index contributed by atoms with van der Waals surface area (Å²) in [6, 6.07) is 0. The second-order valence-electron chi connectivity index (χ2n) is 5.25. The summed E-state index contributed by atoms with van der Waals surface area (Å²) in [5.41, 5.74) is 0. The summed E-state index contributed by atoms with van der Waals surface area (Å²) in [7, 11) is 0. The zero-order valence-electron chi connectivity index (χ0n) is 11.1. The molecule has 7 heteroatoms. The van der Waals surface area contributed by atoms with Gasteiger partial charge < -0.3 is 0 Å². The van der Waals surface area contributed by atoms with Crippen molar-refractivity contribution in [3.63, 3.8) is 0 Å². The van der Waals surface area contributed by atoms with Crippen molar-refractivity contribution < 1.29 is 0 Å². The molecule has 3 rings (SSSR count). The summed E-state index contributed by atoms with van der Waals surface area (Å²) in [4.78, 5) is 0. The second-order valence-corrected chi connectivity index (χ2v) is 31.4. The Morgan fingerprint density at radius 3 is 1.70 bits per heavy atom. The van der Waals surface area contributed by atoms with Crippen LogP contribution in [0.5, 0.6) is 0 Å². The Bertz CT molecular complexity index is 347. The molecule has 20 heavy (non-hydrogen) atoms. The Hall–Kier alpha value is 4.39. The van der Waals surface area contributed by atoms with Crippen molar-refractivity contribution in [2.45, 2.75) is 42.7 Å². The van der Waals surface area contributed by atoms with Crippen LogP contribution in [0.3, 0.4) is 0 Å². The van der Waals surface area contributed by atoms with Gasteiger partial charge in [0.25, 0.3) is 0 Å². The number of rotatable bonds is 8. The van der Waals surface area contributed by atoms with Gasteiger partial charge in [-0.15, -0.1) is 0 Å². The molecule has 0 radical (unpaired) electrons. The van der Waals surface area contributed by atoms with Crippen LogP contribution in [0.2, 0.25) is 6.54 Å². The summed E-state index contributed by atoms with van der Waals surface area (Å²) in [5.74, 6) is 2.92. The van der Waals surface area contributed by atoms with Gasteiger partial charge in [0.15, 0.2) is 0 Å². The molecule has 3 fully saturated rings. The van der Waals surface area contributed by atoms with Crippen LogP contribution in [0.25, 0.3) is 0 Å². The van der Waals surface area contributed by atoms with Crippen molar-refractivity contribution in [2.75, 3.05) is 11.5 Å². The van der Waals surface area contributed by atoms with Crippen molar-refractivity contribution in [1.82, 2.24) is 0 Å². The molecule has 3 saturated heterocycles. The molecule has 3 heterocycles. The molecule has 3 aliphatic heterocycles. The van der Waals surface area contributed by atoms with E-state index in [2.05, 4.69) is 67.2 Å². The fraction of sp³-hybridized carbons (Fsp3) is 0.846. The zero-order valence-corrected chi connectivity index (χ0v) is 24.4. The van der Waals surface area contributed by atoms with Gasteiger partial charge in [-0.1, -0.05) is 0 Å². The normalized spacial score (nSPS) is 35.6. The molecule has 0 aromatic heterocycles. The van der Waals surface area contributed by atoms with Gasteiger partial charge in [-0.2, -0.15) is 0 Å². The van der Waals surface area contributed by atoms with Crippen LogP contribution in [0.4, 0.5) is 0 Å². The maximum atomic E-state index is 2.40. The second kappa shape index (κ2) is 9.91. The minimum absolute atomic E-state index is 0.374. The fourth-order valence-corrected chi connectivity index (χ4v) is 50.4. The first-order chi connectivity index (χ1) is 9.69. The third-order valence-electron chi connectivity index (χ3n) is 3.32. The van der Waals surface area contributed by atoms with Gasteiger partial charge in [0.2, 0.25) is 0 Å². The van der Waals surface area contributed by atoms with Crippen molar-refractivity contribution in [3.05, 3.63) is 0 Å². The fourth-order valence-electron chi connectivity index (χ4n) is 2.07. The molecule has 0 aliphatic carbocycles. The summed E-state index contributed by atoms with van der Waals surface area (Å²) < 4.78 is 8.17. The third-order valence-corrected chi connectivity index (χ3v) is 28.4. The first-order valence-electron chi connectivity index (χ1n) is 6.84. The summed E-state index contributed by atoms with van der Waals surface area (Å²) in [5, 5.41) is 2.08. The van der Waals surface area contributed by atoms with Crippen molar-refractivity contribution in [3.8, 4) is 0 Å². The molecule has 4 unspecified atom stereocenters. The van der Waals surface area contributed by atoms with E-state index in [-0.39, 0.29) is 0 Å². The van der Waals surface area contributed by atoms with Gasteiger partial charge in [0.1, 0.15) is 0 Å². The summed E-state index contributed by atoms with van der Waals surface area (Å²) >= 11 is 10.4. The van der Waals surface area contributed by atoms with E-state index < -0.39 is 0 Å².